The molecule has 1 aromatic rings. The zero-order chi connectivity index (χ0) is 25.3. The van der Waals surface area contributed by atoms with Crippen LogP contribution in [0.25, 0.3) is 0 Å². The molecule has 0 radical (unpaired) electrons. The fourth-order valence-corrected chi connectivity index (χ4v) is 6.55. The van der Waals surface area contributed by atoms with Crippen molar-refractivity contribution >= 4 is 11.9 Å². The molecule has 2 aliphatic carbocycles. The molecule has 1 fully saturated rings. The Morgan fingerprint density at radius 3 is 2.74 bits per heavy atom. The van der Waals surface area contributed by atoms with Gasteiger partial charge in [-0.15, -0.1) is 0 Å². The van der Waals surface area contributed by atoms with Crippen LogP contribution in [0, 0.1) is 5.92 Å². The van der Waals surface area contributed by atoms with Gasteiger partial charge in [0.05, 0.1) is 11.0 Å². The molecule has 9 heteroatoms. The molecule has 4 N–H and O–H groups in total. The van der Waals surface area contributed by atoms with Gasteiger partial charge in [0, 0.05) is 18.0 Å². The average Bonchev–Trinajstić information content (AvgIpc) is 3.15. The Balaban J connectivity index is 1.43. The van der Waals surface area contributed by atoms with E-state index in [9.17, 15) is 19.8 Å². The van der Waals surface area contributed by atoms with Crippen LogP contribution in [0.15, 0.2) is 24.0 Å². The Morgan fingerprint density at radius 2 is 2.03 bits per heavy atom. The largest absolute Gasteiger partial charge is 0.504 e. The maximum absolute atomic E-state index is 12.9. The molecular weight excluding hydrogens is 452 g/mol. The molecule has 0 amide bonds. The van der Waals surface area contributed by atoms with E-state index in [0.29, 0.717) is 25.0 Å². The molecule has 1 spiro atoms. The van der Waals surface area contributed by atoms with Crippen LogP contribution in [-0.4, -0.2) is 70.5 Å². The number of nitrogens with two attached hydrogens (primary N) is 1. The molecule has 2 heterocycles. The normalized spacial score (nSPS) is 32.3. The van der Waals surface area contributed by atoms with Crippen LogP contribution in [0.1, 0.15) is 51.2 Å². The van der Waals surface area contributed by atoms with Crippen molar-refractivity contribution in [1.82, 2.24) is 4.90 Å². The molecule has 2 aliphatic heterocycles. The van der Waals surface area contributed by atoms with Crippen molar-refractivity contribution < 1.29 is 34.0 Å². The summed E-state index contributed by atoms with van der Waals surface area (Å²) in [6.07, 6.45) is 1.68. The first-order valence-corrected chi connectivity index (χ1v) is 12.3. The number of ether oxygens (including phenoxy) is 3. The summed E-state index contributed by atoms with van der Waals surface area (Å²) in [5.41, 5.74) is 5.73. The summed E-state index contributed by atoms with van der Waals surface area (Å²) in [5, 5.41) is 22.7. The van der Waals surface area contributed by atoms with Crippen molar-refractivity contribution in [2.45, 2.75) is 81.8 Å². The molecule has 1 saturated heterocycles. The highest BCUT2D eigenvalue weighted by Gasteiger charge is 2.72. The number of likely N-dealkylation sites (N-methyl/N-ethyl adjacent to an activating group) is 1. The van der Waals surface area contributed by atoms with E-state index in [-0.39, 0.29) is 29.9 Å². The van der Waals surface area contributed by atoms with Crippen molar-refractivity contribution in [3.05, 3.63) is 35.1 Å². The van der Waals surface area contributed by atoms with Gasteiger partial charge < -0.3 is 35.1 Å². The first-order valence-electron chi connectivity index (χ1n) is 12.3. The average molecular weight is 487 g/mol. The summed E-state index contributed by atoms with van der Waals surface area (Å²) >= 11 is 0. The lowest BCUT2D eigenvalue weighted by atomic mass is 9.50. The molecule has 1 aromatic carbocycles. The Hall–Kier alpha value is -2.62. The van der Waals surface area contributed by atoms with Gasteiger partial charge in [-0.05, 0) is 63.4 Å². The topological polar surface area (TPSA) is 132 Å². The molecule has 4 aliphatic rings. The highest BCUT2D eigenvalue weighted by atomic mass is 16.6. The third-order valence-corrected chi connectivity index (χ3v) is 8.22. The summed E-state index contributed by atoms with van der Waals surface area (Å²) in [4.78, 5) is 27.4. The molecule has 9 nitrogen and oxygen atoms in total. The van der Waals surface area contributed by atoms with E-state index >= 15 is 0 Å². The second kappa shape index (κ2) is 8.21. The number of nitrogens with zero attached hydrogens (tertiary/aromatic N) is 1. The Labute approximate surface area is 204 Å². The lowest BCUT2D eigenvalue weighted by molar-refractivity contribution is -0.175. The number of rotatable bonds is 6. The van der Waals surface area contributed by atoms with Crippen LogP contribution >= 0.6 is 0 Å². The number of benzene rings is 1. The molecule has 5 rings (SSSR count). The minimum absolute atomic E-state index is 0.000585. The van der Waals surface area contributed by atoms with Gasteiger partial charge >= 0.3 is 11.9 Å². The van der Waals surface area contributed by atoms with E-state index in [2.05, 4.69) is 4.90 Å². The highest BCUT2D eigenvalue weighted by molar-refractivity contribution is 5.82. The van der Waals surface area contributed by atoms with Gasteiger partial charge in [0.1, 0.15) is 11.8 Å². The fraction of sp³-hybridized carbons (Fsp3) is 0.615. The summed E-state index contributed by atoms with van der Waals surface area (Å²) in [5.74, 6) is -0.579. The standard InChI is InChI=1S/C26H34N2O7/c1-13(2)11-16(27)24(31)33-14(3)23(30)34-18-7-8-26(32)19-12-15-5-6-17(29)21-20(15)25(26,22(18)35-21)9-10-28(19)4/h5-7,13-14,16,19,22,29,32H,8-12,27H2,1-4H3/t14-,16-,19+,22?,25?,26+/m0/s1. The van der Waals surface area contributed by atoms with Crippen molar-refractivity contribution in [2.24, 2.45) is 11.7 Å². The van der Waals surface area contributed by atoms with Crippen LogP contribution in [-0.2, 0) is 30.9 Å². The number of aliphatic hydroxyl groups is 1. The lowest BCUT2D eigenvalue weighted by Crippen LogP contribution is -2.74. The smallest absolute Gasteiger partial charge is 0.352 e. The number of hydrogen-bond donors (Lipinski definition) is 3. The number of carbonyl (C=O) groups is 2. The van der Waals surface area contributed by atoms with Gasteiger partial charge in [-0.2, -0.15) is 0 Å². The third kappa shape index (κ3) is 3.39. The molecule has 0 aromatic heterocycles. The van der Waals surface area contributed by atoms with Crippen LogP contribution in [0.5, 0.6) is 11.5 Å². The first kappa shape index (κ1) is 24.1. The molecule has 6 atom stereocenters. The molecular formula is C26H34N2O7. The highest BCUT2D eigenvalue weighted by Crippen LogP contribution is 2.65. The van der Waals surface area contributed by atoms with E-state index in [1.165, 1.54) is 6.92 Å². The fourth-order valence-electron chi connectivity index (χ4n) is 6.55. The van der Waals surface area contributed by atoms with E-state index in [1.807, 2.05) is 27.0 Å². The predicted octanol–water partition coefficient (Wildman–Crippen LogP) is 1.52. The van der Waals surface area contributed by atoms with E-state index in [0.717, 1.165) is 17.7 Å². The van der Waals surface area contributed by atoms with Gasteiger partial charge in [0.15, 0.2) is 23.7 Å². The molecule has 35 heavy (non-hydrogen) atoms. The minimum Gasteiger partial charge on any atom is -0.504 e. The Bertz CT molecular complexity index is 1100. The maximum Gasteiger partial charge on any atom is 0.352 e. The van der Waals surface area contributed by atoms with Crippen molar-refractivity contribution in [1.29, 1.82) is 0 Å². The van der Waals surface area contributed by atoms with Crippen molar-refractivity contribution in [3.63, 3.8) is 0 Å². The molecule has 190 valence electrons. The van der Waals surface area contributed by atoms with Gasteiger partial charge in [-0.1, -0.05) is 19.9 Å². The molecule has 0 saturated carbocycles. The predicted molar refractivity (Wildman–Crippen MR) is 126 cm³/mol. The SMILES string of the molecule is CC(C)C[C@H](N)C(=O)O[C@@H](C)C(=O)OC1=CC[C@@]2(O)[C@H]3Cc4ccc(O)c5c4C2(CCN3C)C1O5. The summed E-state index contributed by atoms with van der Waals surface area (Å²) < 4.78 is 17.3. The van der Waals surface area contributed by atoms with Gasteiger partial charge in [-0.25, -0.2) is 4.79 Å². The van der Waals surface area contributed by atoms with Crippen molar-refractivity contribution in [2.75, 3.05) is 13.6 Å². The number of phenolic OH excluding ortho intramolecular Hbond substituents is 1. The maximum atomic E-state index is 12.9. The quantitative estimate of drug-likeness (QED) is 0.512. The van der Waals surface area contributed by atoms with Crippen LogP contribution in [0.3, 0.4) is 0 Å². The second-order valence-corrected chi connectivity index (χ2v) is 10.8. The number of piperidine rings is 1. The first-order chi connectivity index (χ1) is 16.5. The monoisotopic (exact) mass is 486 g/mol. The lowest BCUT2D eigenvalue weighted by Gasteiger charge is -2.61. The molecule has 2 bridgehead atoms. The van der Waals surface area contributed by atoms with Gasteiger partial charge in [0.2, 0.25) is 0 Å². The van der Waals surface area contributed by atoms with Crippen LogP contribution in [0.2, 0.25) is 0 Å². The number of aromatic hydroxyl groups is 1. The van der Waals surface area contributed by atoms with E-state index in [4.69, 9.17) is 19.9 Å². The van der Waals surface area contributed by atoms with Gasteiger partial charge in [-0.3, -0.25) is 4.79 Å². The number of hydrogen-bond acceptors (Lipinski definition) is 9. The van der Waals surface area contributed by atoms with Crippen LogP contribution in [0.4, 0.5) is 0 Å². The minimum atomic E-state index is -1.16. The zero-order valence-electron chi connectivity index (χ0n) is 20.6. The summed E-state index contributed by atoms with van der Waals surface area (Å²) in [6.45, 7) is 6.07. The Kier molecular flexibility index (Phi) is 5.65. The van der Waals surface area contributed by atoms with E-state index in [1.54, 1.807) is 12.1 Å². The number of likely N-dealkylation sites (tertiary alicyclic amines) is 1. The second-order valence-electron chi connectivity index (χ2n) is 10.8. The zero-order valence-corrected chi connectivity index (χ0v) is 20.6. The number of esters is 2. The molecule has 2 unspecified atom stereocenters. The van der Waals surface area contributed by atoms with Crippen LogP contribution < -0.4 is 10.5 Å². The summed E-state index contributed by atoms with van der Waals surface area (Å²) in [6, 6.07) is 2.54. The number of carbonyl (C=O) groups excluding carboxylic acids is 2. The summed E-state index contributed by atoms with van der Waals surface area (Å²) in [7, 11) is 2.01. The number of phenols is 1. The third-order valence-electron chi connectivity index (χ3n) is 8.22. The Morgan fingerprint density at radius 1 is 1.29 bits per heavy atom. The van der Waals surface area contributed by atoms with E-state index < -0.39 is 41.2 Å². The van der Waals surface area contributed by atoms with Crippen molar-refractivity contribution in [3.8, 4) is 11.5 Å². The van der Waals surface area contributed by atoms with Gasteiger partial charge in [0.25, 0.3) is 0 Å².